The predicted molar refractivity (Wildman–Crippen MR) is 187 cm³/mol. The van der Waals surface area contributed by atoms with Crippen LogP contribution in [0, 0.1) is 29.1 Å². The van der Waals surface area contributed by atoms with Gasteiger partial charge in [0.15, 0.2) is 11.5 Å². The molecule has 3 aromatic carbocycles. The standard InChI is InChI=1S/C41H43N3O6/c1-3-50-34-22-26(14-17-33(34)45)36-29-15-16-30-35(31(29)23-32-38(47)44(40(49)41(32,36)2)27-12-8-5-9-13-27)39(48)43(37(30)46)28-18-20-42(21-19-28)24-25-10-6-4-7-11-25/h4-15,17,22,28,30-32,35-36,45H,3,16,18-21,23-24H2,1-2H3. The lowest BCUT2D eigenvalue weighted by Gasteiger charge is -2.49. The second-order valence-electron chi connectivity index (χ2n) is 14.7. The molecule has 50 heavy (non-hydrogen) atoms. The van der Waals surface area contributed by atoms with Gasteiger partial charge in [0.2, 0.25) is 23.6 Å². The molecule has 3 aliphatic heterocycles. The first-order valence-corrected chi connectivity index (χ1v) is 17.9. The number of allylic oxidation sites excluding steroid dienone is 2. The summed E-state index contributed by atoms with van der Waals surface area (Å²) >= 11 is 0. The number of fused-ring (bicyclic) bond motifs is 4. The average Bonchev–Trinajstić information content (AvgIpc) is 3.50. The third-order valence-electron chi connectivity index (χ3n) is 12.1. The van der Waals surface area contributed by atoms with Crippen molar-refractivity contribution in [1.82, 2.24) is 9.80 Å². The van der Waals surface area contributed by atoms with E-state index in [1.54, 1.807) is 35.2 Å². The Morgan fingerprint density at radius 1 is 0.860 bits per heavy atom. The molecule has 0 radical (unpaired) electrons. The molecule has 4 amide bonds. The number of benzene rings is 3. The molecule has 3 heterocycles. The lowest BCUT2D eigenvalue weighted by molar-refractivity contribution is -0.144. The first-order valence-electron chi connectivity index (χ1n) is 17.9. The largest absolute Gasteiger partial charge is 0.504 e. The number of phenols is 1. The normalized spacial score (nSPS) is 29.9. The van der Waals surface area contributed by atoms with E-state index in [9.17, 15) is 24.3 Å². The number of amides is 4. The highest BCUT2D eigenvalue weighted by molar-refractivity contribution is 6.24. The molecule has 5 aliphatic rings. The molecular weight excluding hydrogens is 630 g/mol. The van der Waals surface area contributed by atoms with Gasteiger partial charge in [0.05, 0.1) is 35.5 Å². The molecule has 0 aromatic heterocycles. The minimum Gasteiger partial charge on any atom is -0.504 e. The Labute approximate surface area is 292 Å². The monoisotopic (exact) mass is 673 g/mol. The number of rotatable bonds is 7. The van der Waals surface area contributed by atoms with E-state index in [-0.39, 0.29) is 41.3 Å². The Morgan fingerprint density at radius 2 is 1.56 bits per heavy atom. The quantitative estimate of drug-likeness (QED) is 0.254. The number of nitrogens with zero attached hydrogens (tertiary/aromatic N) is 3. The van der Waals surface area contributed by atoms with Crippen LogP contribution < -0.4 is 9.64 Å². The number of ether oxygens (including phenoxy) is 1. The van der Waals surface area contributed by atoms with Crippen molar-refractivity contribution in [2.24, 2.45) is 29.1 Å². The maximum absolute atomic E-state index is 14.6. The number of phenolic OH excluding ortho intramolecular Hbond substituents is 1. The van der Waals surface area contributed by atoms with Gasteiger partial charge in [0.1, 0.15) is 0 Å². The maximum atomic E-state index is 14.6. The zero-order valence-corrected chi connectivity index (χ0v) is 28.5. The summed E-state index contributed by atoms with van der Waals surface area (Å²) in [6.07, 6.45) is 4.25. The summed E-state index contributed by atoms with van der Waals surface area (Å²) in [5, 5.41) is 10.6. The van der Waals surface area contributed by atoms with Crippen molar-refractivity contribution >= 4 is 29.3 Å². The minimum absolute atomic E-state index is 0.0101. The Morgan fingerprint density at radius 3 is 2.26 bits per heavy atom. The van der Waals surface area contributed by atoms with Gasteiger partial charge < -0.3 is 9.84 Å². The van der Waals surface area contributed by atoms with E-state index >= 15 is 0 Å². The highest BCUT2D eigenvalue weighted by Gasteiger charge is 2.67. The summed E-state index contributed by atoms with van der Waals surface area (Å²) in [4.78, 5) is 63.0. The molecule has 258 valence electrons. The summed E-state index contributed by atoms with van der Waals surface area (Å²) < 4.78 is 5.77. The van der Waals surface area contributed by atoms with E-state index in [1.807, 2.05) is 50.2 Å². The van der Waals surface area contributed by atoms with Gasteiger partial charge in [0.25, 0.3) is 0 Å². The van der Waals surface area contributed by atoms with E-state index in [0.717, 1.165) is 43.6 Å². The fraction of sp³-hybridized carbons (Fsp3) is 0.415. The Hall–Kier alpha value is -4.76. The van der Waals surface area contributed by atoms with E-state index < -0.39 is 29.1 Å². The lowest BCUT2D eigenvalue weighted by atomic mass is 9.51. The number of imide groups is 2. The molecule has 6 atom stereocenters. The van der Waals surface area contributed by atoms with Crippen molar-refractivity contribution in [3.63, 3.8) is 0 Å². The fourth-order valence-electron chi connectivity index (χ4n) is 9.76. The van der Waals surface area contributed by atoms with Crippen molar-refractivity contribution in [3.8, 4) is 11.5 Å². The first-order chi connectivity index (χ1) is 24.2. The van der Waals surface area contributed by atoms with Crippen LogP contribution in [0.2, 0.25) is 0 Å². The Balaban J connectivity index is 1.13. The number of hydrogen-bond acceptors (Lipinski definition) is 7. The molecule has 3 saturated heterocycles. The summed E-state index contributed by atoms with van der Waals surface area (Å²) in [5.74, 6) is -3.24. The smallest absolute Gasteiger partial charge is 0.241 e. The van der Waals surface area contributed by atoms with Crippen LogP contribution in [-0.4, -0.2) is 64.3 Å². The van der Waals surface area contributed by atoms with Crippen LogP contribution in [0.1, 0.15) is 56.6 Å². The van der Waals surface area contributed by atoms with Crippen molar-refractivity contribution in [1.29, 1.82) is 0 Å². The number of piperidine rings is 1. The second kappa shape index (κ2) is 12.5. The van der Waals surface area contributed by atoms with E-state index in [2.05, 4.69) is 23.1 Å². The zero-order valence-electron chi connectivity index (χ0n) is 28.5. The Bertz CT molecular complexity index is 1870. The number of carbonyl (C=O) groups is 4. The number of carbonyl (C=O) groups excluding carboxylic acids is 4. The summed E-state index contributed by atoms with van der Waals surface area (Å²) in [6, 6.07) is 24.3. The second-order valence-corrected chi connectivity index (χ2v) is 14.7. The zero-order chi connectivity index (χ0) is 34.7. The van der Waals surface area contributed by atoms with Crippen LogP contribution >= 0.6 is 0 Å². The molecule has 9 nitrogen and oxygen atoms in total. The van der Waals surface area contributed by atoms with Gasteiger partial charge in [-0.3, -0.25) is 29.0 Å². The van der Waals surface area contributed by atoms with Crippen LogP contribution in [0.4, 0.5) is 5.69 Å². The number of aromatic hydroxyl groups is 1. The third-order valence-corrected chi connectivity index (χ3v) is 12.1. The molecule has 4 fully saturated rings. The molecule has 1 N–H and O–H groups in total. The van der Waals surface area contributed by atoms with Crippen LogP contribution in [0.3, 0.4) is 0 Å². The van der Waals surface area contributed by atoms with Crippen LogP contribution in [0.15, 0.2) is 90.5 Å². The maximum Gasteiger partial charge on any atom is 0.241 e. The van der Waals surface area contributed by atoms with Crippen LogP contribution in [0.5, 0.6) is 11.5 Å². The molecule has 0 spiro atoms. The summed E-state index contributed by atoms with van der Waals surface area (Å²) in [7, 11) is 0. The Kier molecular flexibility index (Phi) is 8.13. The topological polar surface area (TPSA) is 107 Å². The van der Waals surface area contributed by atoms with Crippen LogP contribution in [0.25, 0.3) is 0 Å². The number of para-hydroxylation sites is 1. The van der Waals surface area contributed by atoms with Crippen molar-refractivity contribution in [2.75, 3.05) is 24.6 Å². The first kappa shape index (κ1) is 32.4. The molecule has 8 rings (SSSR count). The number of likely N-dealkylation sites (tertiary alicyclic amines) is 2. The molecular formula is C41H43N3O6. The van der Waals surface area contributed by atoms with Crippen molar-refractivity contribution in [3.05, 3.63) is 102 Å². The average molecular weight is 674 g/mol. The van der Waals surface area contributed by atoms with Gasteiger partial charge in [-0.05, 0) is 80.8 Å². The number of hydrogen-bond donors (Lipinski definition) is 1. The third kappa shape index (κ3) is 5.00. The lowest BCUT2D eigenvalue weighted by Crippen LogP contribution is -2.49. The molecule has 2 aliphatic carbocycles. The molecule has 9 heteroatoms. The van der Waals surface area contributed by atoms with Gasteiger partial charge in [-0.15, -0.1) is 0 Å². The molecule has 0 bridgehead atoms. The predicted octanol–water partition coefficient (Wildman–Crippen LogP) is 5.69. The van der Waals surface area contributed by atoms with Crippen molar-refractivity contribution < 1.29 is 29.0 Å². The molecule has 6 unspecified atom stereocenters. The number of anilines is 1. The SMILES string of the molecule is CCOc1cc(C2C3=CCC4C(=O)N(C5CCN(Cc6ccccc6)CC5)C(=O)C4C3CC3C(=O)N(c4ccccc4)C(=O)C32C)ccc1O. The summed E-state index contributed by atoms with van der Waals surface area (Å²) in [6.45, 7) is 6.49. The van der Waals surface area contributed by atoms with Gasteiger partial charge in [-0.2, -0.15) is 0 Å². The van der Waals surface area contributed by atoms with Gasteiger partial charge in [0, 0.05) is 31.6 Å². The summed E-state index contributed by atoms with van der Waals surface area (Å²) in [5.41, 5.74) is 2.28. The van der Waals surface area contributed by atoms with Gasteiger partial charge >= 0.3 is 0 Å². The van der Waals surface area contributed by atoms with Gasteiger partial charge in [-0.1, -0.05) is 66.2 Å². The molecule has 1 saturated carbocycles. The minimum atomic E-state index is -1.15. The highest BCUT2D eigenvalue weighted by Crippen LogP contribution is 2.64. The molecule has 3 aromatic rings. The highest BCUT2D eigenvalue weighted by atomic mass is 16.5. The van der Waals surface area contributed by atoms with Crippen molar-refractivity contribution in [2.45, 2.75) is 58.0 Å². The van der Waals surface area contributed by atoms with E-state index in [4.69, 9.17) is 4.74 Å². The van der Waals surface area contributed by atoms with E-state index in [0.29, 0.717) is 30.9 Å². The van der Waals surface area contributed by atoms with E-state index in [1.165, 1.54) is 10.5 Å². The van der Waals surface area contributed by atoms with Crippen LogP contribution in [-0.2, 0) is 25.7 Å². The van der Waals surface area contributed by atoms with Gasteiger partial charge in [-0.25, -0.2) is 4.90 Å². The fourth-order valence-corrected chi connectivity index (χ4v) is 9.76.